The lowest BCUT2D eigenvalue weighted by Crippen LogP contribution is -2.35. The second kappa shape index (κ2) is 6.01. The molecule has 0 fully saturated rings. The number of nitrogens with zero attached hydrogens (tertiary/aromatic N) is 5. The summed E-state index contributed by atoms with van der Waals surface area (Å²) >= 11 is 0. The van der Waals surface area contributed by atoms with Crippen molar-refractivity contribution in [2.24, 2.45) is 7.05 Å². The van der Waals surface area contributed by atoms with Crippen LogP contribution in [0.5, 0.6) is 0 Å². The molecule has 0 radical (unpaired) electrons. The van der Waals surface area contributed by atoms with Crippen LogP contribution in [0.3, 0.4) is 0 Å². The normalized spacial score (nSPS) is 14.5. The van der Waals surface area contributed by atoms with E-state index in [1.54, 1.807) is 18.7 Å². The Labute approximate surface area is 139 Å². The smallest absolute Gasteiger partial charge is 0.255 e. The summed E-state index contributed by atoms with van der Waals surface area (Å²) in [7, 11) is 1.98. The van der Waals surface area contributed by atoms with E-state index >= 15 is 0 Å². The number of hydrogen-bond donors (Lipinski definition) is 1. The molecular formula is C17H18N6O. The van der Waals surface area contributed by atoms with Gasteiger partial charge in [-0.1, -0.05) is 0 Å². The number of aryl methyl sites for hydroxylation is 1. The SMILES string of the molecule is Cn1cncc1CN1CCc2nc(-c3cccnc3)[nH]c(=O)c2C1. The average Bonchev–Trinajstić information content (AvgIpc) is 3.01. The van der Waals surface area contributed by atoms with E-state index < -0.39 is 0 Å². The van der Waals surface area contributed by atoms with Crippen LogP contribution in [0, 0.1) is 0 Å². The first-order chi connectivity index (χ1) is 11.7. The Balaban J connectivity index is 1.61. The van der Waals surface area contributed by atoms with Gasteiger partial charge in [0.25, 0.3) is 5.56 Å². The molecule has 0 unspecified atom stereocenters. The minimum atomic E-state index is -0.0615. The molecule has 0 aliphatic carbocycles. The Morgan fingerprint density at radius 3 is 2.96 bits per heavy atom. The summed E-state index contributed by atoms with van der Waals surface area (Å²) in [5, 5.41) is 0. The zero-order valence-electron chi connectivity index (χ0n) is 13.4. The zero-order chi connectivity index (χ0) is 16.5. The van der Waals surface area contributed by atoms with E-state index in [1.165, 1.54) is 0 Å². The molecule has 24 heavy (non-hydrogen) atoms. The van der Waals surface area contributed by atoms with E-state index in [0.717, 1.165) is 42.0 Å². The fourth-order valence-electron chi connectivity index (χ4n) is 3.02. The summed E-state index contributed by atoms with van der Waals surface area (Å²) in [5.41, 5.74) is 3.55. The molecule has 0 amide bonds. The highest BCUT2D eigenvalue weighted by atomic mass is 16.1. The fraction of sp³-hybridized carbons (Fsp3) is 0.294. The van der Waals surface area contributed by atoms with Crippen molar-refractivity contribution in [3.8, 4) is 11.4 Å². The number of aromatic nitrogens is 5. The Morgan fingerprint density at radius 1 is 1.29 bits per heavy atom. The number of aromatic amines is 1. The number of hydrogen-bond acceptors (Lipinski definition) is 5. The summed E-state index contributed by atoms with van der Waals surface area (Å²) in [6.45, 7) is 2.26. The van der Waals surface area contributed by atoms with Gasteiger partial charge in [0.15, 0.2) is 0 Å². The van der Waals surface area contributed by atoms with Gasteiger partial charge in [0, 0.05) is 57.3 Å². The van der Waals surface area contributed by atoms with Crippen molar-refractivity contribution in [2.45, 2.75) is 19.5 Å². The molecular weight excluding hydrogens is 304 g/mol. The summed E-state index contributed by atoms with van der Waals surface area (Å²) in [6, 6.07) is 3.74. The highest BCUT2D eigenvalue weighted by molar-refractivity contribution is 5.53. The van der Waals surface area contributed by atoms with Crippen molar-refractivity contribution >= 4 is 0 Å². The number of imidazole rings is 1. The lowest BCUT2D eigenvalue weighted by Gasteiger charge is -2.27. The summed E-state index contributed by atoms with van der Waals surface area (Å²) in [5.74, 6) is 0.590. The lowest BCUT2D eigenvalue weighted by atomic mass is 10.1. The molecule has 0 saturated heterocycles. The third-order valence-electron chi connectivity index (χ3n) is 4.38. The van der Waals surface area contributed by atoms with Crippen molar-refractivity contribution in [2.75, 3.05) is 6.54 Å². The van der Waals surface area contributed by atoms with Crippen molar-refractivity contribution in [1.29, 1.82) is 0 Å². The van der Waals surface area contributed by atoms with Crippen LogP contribution in [-0.2, 0) is 26.6 Å². The molecule has 7 heteroatoms. The van der Waals surface area contributed by atoms with Gasteiger partial charge in [0.05, 0.1) is 23.3 Å². The van der Waals surface area contributed by atoms with Gasteiger partial charge in [-0.15, -0.1) is 0 Å². The third kappa shape index (κ3) is 2.74. The second-order valence-corrected chi connectivity index (χ2v) is 6.04. The molecule has 0 bridgehead atoms. The number of nitrogens with one attached hydrogen (secondary N) is 1. The van der Waals surface area contributed by atoms with E-state index in [9.17, 15) is 4.79 Å². The van der Waals surface area contributed by atoms with Crippen LogP contribution in [0.15, 0.2) is 41.8 Å². The molecule has 7 nitrogen and oxygen atoms in total. The van der Waals surface area contributed by atoms with E-state index in [0.29, 0.717) is 12.4 Å². The summed E-state index contributed by atoms with van der Waals surface area (Å²) in [6.07, 6.45) is 7.84. The zero-order valence-corrected chi connectivity index (χ0v) is 13.4. The molecule has 1 aliphatic heterocycles. The number of H-pyrrole nitrogens is 1. The minimum absolute atomic E-state index is 0.0615. The van der Waals surface area contributed by atoms with E-state index in [4.69, 9.17) is 0 Å². The Bertz CT molecular complexity index is 914. The first kappa shape index (κ1) is 14.8. The topological polar surface area (TPSA) is 79.7 Å². The quantitative estimate of drug-likeness (QED) is 0.782. The van der Waals surface area contributed by atoms with Crippen molar-refractivity contribution in [1.82, 2.24) is 29.4 Å². The van der Waals surface area contributed by atoms with Crippen LogP contribution in [0.2, 0.25) is 0 Å². The predicted molar refractivity (Wildman–Crippen MR) is 89.1 cm³/mol. The standard InChI is InChI=1S/C17H18N6O/c1-22-11-19-8-13(22)9-23-6-4-15-14(10-23)17(24)21-16(20-15)12-3-2-5-18-7-12/h2-3,5,7-8,11H,4,6,9-10H2,1H3,(H,20,21,24). The Kier molecular flexibility index (Phi) is 3.70. The fourth-order valence-corrected chi connectivity index (χ4v) is 3.02. The van der Waals surface area contributed by atoms with Crippen LogP contribution in [-0.4, -0.2) is 35.9 Å². The molecule has 0 spiro atoms. The monoisotopic (exact) mass is 322 g/mol. The molecule has 3 aromatic heterocycles. The van der Waals surface area contributed by atoms with Gasteiger partial charge in [-0.05, 0) is 12.1 Å². The van der Waals surface area contributed by atoms with Crippen LogP contribution in [0.1, 0.15) is 17.0 Å². The maximum Gasteiger partial charge on any atom is 0.255 e. The highest BCUT2D eigenvalue weighted by Crippen LogP contribution is 2.19. The predicted octanol–water partition coefficient (Wildman–Crippen LogP) is 1.12. The van der Waals surface area contributed by atoms with Crippen molar-refractivity contribution < 1.29 is 0 Å². The second-order valence-electron chi connectivity index (χ2n) is 6.04. The first-order valence-corrected chi connectivity index (χ1v) is 7.91. The van der Waals surface area contributed by atoms with Crippen LogP contribution >= 0.6 is 0 Å². The molecule has 122 valence electrons. The van der Waals surface area contributed by atoms with Crippen LogP contribution in [0.25, 0.3) is 11.4 Å². The van der Waals surface area contributed by atoms with Crippen LogP contribution in [0.4, 0.5) is 0 Å². The largest absolute Gasteiger partial charge is 0.337 e. The third-order valence-corrected chi connectivity index (χ3v) is 4.38. The maximum atomic E-state index is 12.5. The molecule has 1 aliphatic rings. The summed E-state index contributed by atoms with van der Waals surface area (Å²) in [4.78, 5) is 30.5. The van der Waals surface area contributed by atoms with E-state index in [1.807, 2.05) is 29.9 Å². The summed E-state index contributed by atoms with van der Waals surface area (Å²) < 4.78 is 2.00. The Morgan fingerprint density at radius 2 is 2.21 bits per heavy atom. The van der Waals surface area contributed by atoms with Gasteiger partial charge in [-0.25, -0.2) is 9.97 Å². The number of pyridine rings is 1. The molecule has 4 heterocycles. The highest BCUT2D eigenvalue weighted by Gasteiger charge is 2.22. The van der Waals surface area contributed by atoms with Gasteiger partial charge in [-0.3, -0.25) is 14.7 Å². The first-order valence-electron chi connectivity index (χ1n) is 7.91. The van der Waals surface area contributed by atoms with Crippen LogP contribution < -0.4 is 5.56 Å². The number of rotatable bonds is 3. The van der Waals surface area contributed by atoms with E-state index in [-0.39, 0.29) is 5.56 Å². The van der Waals surface area contributed by atoms with Crippen molar-refractivity contribution in [3.63, 3.8) is 0 Å². The maximum absolute atomic E-state index is 12.5. The Hall–Kier alpha value is -2.80. The van der Waals surface area contributed by atoms with Gasteiger partial charge in [-0.2, -0.15) is 0 Å². The molecule has 4 rings (SSSR count). The molecule has 1 N–H and O–H groups in total. The number of fused-ring (bicyclic) bond motifs is 1. The molecule has 3 aromatic rings. The molecule has 0 saturated carbocycles. The molecule has 0 atom stereocenters. The van der Waals surface area contributed by atoms with E-state index in [2.05, 4.69) is 24.8 Å². The van der Waals surface area contributed by atoms with Gasteiger partial charge in [0.2, 0.25) is 0 Å². The van der Waals surface area contributed by atoms with Gasteiger partial charge in [0.1, 0.15) is 5.82 Å². The average molecular weight is 322 g/mol. The van der Waals surface area contributed by atoms with Gasteiger partial charge < -0.3 is 9.55 Å². The molecule has 0 aromatic carbocycles. The van der Waals surface area contributed by atoms with Crippen molar-refractivity contribution in [3.05, 3.63) is 64.4 Å². The minimum Gasteiger partial charge on any atom is -0.337 e. The van der Waals surface area contributed by atoms with Gasteiger partial charge >= 0.3 is 0 Å². The lowest BCUT2D eigenvalue weighted by molar-refractivity contribution is 0.236.